The summed E-state index contributed by atoms with van der Waals surface area (Å²) in [6.07, 6.45) is 0. The van der Waals surface area contributed by atoms with E-state index in [0.29, 0.717) is 17.1 Å². The van der Waals surface area contributed by atoms with E-state index in [1.54, 1.807) is 18.2 Å². The van der Waals surface area contributed by atoms with Crippen molar-refractivity contribution in [3.63, 3.8) is 0 Å². The zero-order valence-corrected chi connectivity index (χ0v) is 10.9. The van der Waals surface area contributed by atoms with Gasteiger partial charge >= 0.3 is 0 Å². The standard InChI is InChI=1S/C16H11ClN2/c17-15-9-8-14(12-18)11-16(15)19-10-4-7-13-5-2-1-3-6-13/h1-3,5-6,8-9,11,19H,10H2. The van der Waals surface area contributed by atoms with Gasteiger partial charge in [0.1, 0.15) is 0 Å². The maximum atomic E-state index is 8.82. The highest BCUT2D eigenvalue weighted by Crippen LogP contribution is 2.22. The first-order chi connectivity index (χ1) is 9.29. The summed E-state index contributed by atoms with van der Waals surface area (Å²) in [6, 6.07) is 16.9. The molecule has 0 saturated heterocycles. The minimum atomic E-state index is 0.476. The fraction of sp³-hybridized carbons (Fsp3) is 0.0625. The average Bonchev–Trinajstić information content (AvgIpc) is 2.46. The normalized spacial score (nSPS) is 9.05. The number of nitrogens with one attached hydrogen (secondary N) is 1. The van der Waals surface area contributed by atoms with Gasteiger partial charge in [-0.3, -0.25) is 0 Å². The third kappa shape index (κ3) is 3.78. The Bertz CT molecular complexity index is 661. The van der Waals surface area contributed by atoms with Gasteiger partial charge in [-0.05, 0) is 30.3 Å². The second-order valence-corrected chi connectivity index (χ2v) is 4.23. The van der Waals surface area contributed by atoms with Gasteiger partial charge < -0.3 is 5.32 Å². The van der Waals surface area contributed by atoms with E-state index in [1.165, 1.54) is 0 Å². The molecule has 0 radical (unpaired) electrons. The van der Waals surface area contributed by atoms with Crippen LogP contribution in [0, 0.1) is 23.2 Å². The Hall–Kier alpha value is -2.42. The molecule has 0 amide bonds. The van der Waals surface area contributed by atoms with E-state index in [-0.39, 0.29) is 0 Å². The summed E-state index contributed by atoms with van der Waals surface area (Å²) >= 11 is 6.03. The quantitative estimate of drug-likeness (QED) is 0.842. The molecule has 1 N–H and O–H groups in total. The molecule has 0 aliphatic carbocycles. The molecule has 19 heavy (non-hydrogen) atoms. The van der Waals surface area contributed by atoms with Gasteiger partial charge in [-0.25, -0.2) is 0 Å². The van der Waals surface area contributed by atoms with Crippen molar-refractivity contribution in [3.8, 4) is 17.9 Å². The second kappa shape index (κ2) is 6.50. The van der Waals surface area contributed by atoms with E-state index in [9.17, 15) is 0 Å². The number of benzene rings is 2. The number of nitrogens with zero attached hydrogens (tertiary/aromatic N) is 1. The zero-order valence-electron chi connectivity index (χ0n) is 10.2. The molecule has 0 heterocycles. The molecule has 0 aliphatic rings. The molecule has 0 bridgehead atoms. The smallest absolute Gasteiger partial charge is 0.0992 e. The summed E-state index contributed by atoms with van der Waals surface area (Å²) in [5, 5.41) is 12.5. The van der Waals surface area contributed by atoms with Crippen molar-refractivity contribution in [1.29, 1.82) is 5.26 Å². The maximum absolute atomic E-state index is 8.82. The number of hydrogen-bond donors (Lipinski definition) is 1. The molecule has 0 saturated carbocycles. The van der Waals surface area contributed by atoms with Crippen LogP contribution in [-0.2, 0) is 0 Å². The van der Waals surface area contributed by atoms with Crippen molar-refractivity contribution in [1.82, 2.24) is 0 Å². The monoisotopic (exact) mass is 266 g/mol. The Labute approximate surface area is 117 Å². The molecule has 2 rings (SSSR count). The third-order valence-electron chi connectivity index (χ3n) is 2.47. The molecule has 2 nitrogen and oxygen atoms in total. The summed E-state index contributed by atoms with van der Waals surface area (Å²) < 4.78 is 0. The molecule has 0 unspecified atom stereocenters. The molecule has 2 aromatic carbocycles. The highest BCUT2D eigenvalue weighted by molar-refractivity contribution is 6.33. The predicted octanol–water partition coefficient (Wildman–Crippen LogP) is 3.68. The summed E-state index contributed by atoms with van der Waals surface area (Å²) in [7, 11) is 0. The fourth-order valence-corrected chi connectivity index (χ4v) is 1.72. The van der Waals surface area contributed by atoms with Gasteiger partial charge in [0.05, 0.1) is 28.9 Å². The van der Waals surface area contributed by atoms with Crippen LogP contribution < -0.4 is 5.32 Å². The minimum absolute atomic E-state index is 0.476. The summed E-state index contributed by atoms with van der Waals surface area (Å²) in [5.74, 6) is 6.05. The van der Waals surface area contributed by atoms with Gasteiger partial charge in [0.15, 0.2) is 0 Å². The average molecular weight is 267 g/mol. The molecule has 0 fully saturated rings. The van der Waals surface area contributed by atoms with E-state index >= 15 is 0 Å². The first-order valence-electron chi connectivity index (χ1n) is 5.77. The van der Waals surface area contributed by atoms with E-state index in [4.69, 9.17) is 16.9 Å². The number of hydrogen-bond acceptors (Lipinski definition) is 2. The zero-order chi connectivity index (χ0) is 13.5. The van der Waals surface area contributed by atoms with Crippen molar-refractivity contribution >= 4 is 17.3 Å². The van der Waals surface area contributed by atoms with E-state index in [2.05, 4.69) is 23.2 Å². The topological polar surface area (TPSA) is 35.8 Å². The highest BCUT2D eigenvalue weighted by atomic mass is 35.5. The van der Waals surface area contributed by atoms with Crippen LogP contribution in [0.2, 0.25) is 5.02 Å². The SMILES string of the molecule is N#Cc1ccc(Cl)c(NCC#Cc2ccccc2)c1. The molecule has 92 valence electrons. The van der Waals surface area contributed by atoms with Crippen molar-refractivity contribution < 1.29 is 0 Å². The Kier molecular flexibility index (Phi) is 4.45. The van der Waals surface area contributed by atoms with Crippen LogP contribution in [0.15, 0.2) is 48.5 Å². The van der Waals surface area contributed by atoms with E-state index in [1.807, 2.05) is 30.3 Å². The lowest BCUT2D eigenvalue weighted by Crippen LogP contribution is -1.99. The second-order valence-electron chi connectivity index (χ2n) is 3.83. The molecule has 0 spiro atoms. The summed E-state index contributed by atoms with van der Waals surface area (Å²) in [4.78, 5) is 0. The highest BCUT2D eigenvalue weighted by Gasteiger charge is 1.99. The van der Waals surface area contributed by atoms with Gasteiger partial charge in [0.25, 0.3) is 0 Å². The lowest BCUT2D eigenvalue weighted by Gasteiger charge is -2.04. The van der Waals surface area contributed by atoms with E-state index in [0.717, 1.165) is 11.3 Å². The number of halogens is 1. The third-order valence-corrected chi connectivity index (χ3v) is 2.80. The fourth-order valence-electron chi connectivity index (χ4n) is 1.54. The van der Waals surface area contributed by atoms with Crippen LogP contribution in [-0.4, -0.2) is 6.54 Å². The van der Waals surface area contributed by atoms with Crippen molar-refractivity contribution in [2.75, 3.05) is 11.9 Å². The van der Waals surface area contributed by atoms with Gasteiger partial charge in [0, 0.05) is 5.56 Å². The number of anilines is 1. The Balaban J connectivity index is 2.01. The van der Waals surface area contributed by atoms with Crippen LogP contribution in [0.25, 0.3) is 0 Å². The molecule has 0 atom stereocenters. The van der Waals surface area contributed by atoms with Crippen molar-refractivity contribution in [2.45, 2.75) is 0 Å². The van der Waals surface area contributed by atoms with Gasteiger partial charge in [-0.2, -0.15) is 5.26 Å². The Morgan fingerprint density at radius 1 is 1.05 bits per heavy atom. The minimum Gasteiger partial charge on any atom is -0.373 e. The van der Waals surface area contributed by atoms with Crippen LogP contribution in [0.5, 0.6) is 0 Å². The Morgan fingerprint density at radius 3 is 2.58 bits per heavy atom. The van der Waals surface area contributed by atoms with Crippen molar-refractivity contribution in [3.05, 3.63) is 64.7 Å². The lowest BCUT2D eigenvalue weighted by atomic mass is 10.2. The van der Waals surface area contributed by atoms with Gasteiger partial charge in [0.2, 0.25) is 0 Å². The van der Waals surface area contributed by atoms with Crippen LogP contribution in [0.3, 0.4) is 0 Å². The van der Waals surface area contributed by atoms with Crippen LogP contribution in [0.1, 0.15) is 11.1 Å². The summed E-state index contributed by atoms with van der Waals surface area (Å²) in [6.45, 7) is 0.476. The number of rotatable bonds is 2. The van der Waals surface area contributed by atoms with Crippen LogP contribution >= 0.6 is 11.6 Å². The first kappa shape index (κ1) is 13.0. The molecular weight excluding hydrogens is 256 g/mol. The number of nitriles is 1. The van der Waals surface area contributed by atoms with Crippen molar-refractivity contribution in [2.24, 2.45) is 0 Å². The van der Waals surface area contributed by atoms with E-state index < -0.39 is 0 Å². The molecule has 0 aliphatic heterocycles. The lowest BCUT2D eigenvalue weighted by molar-refractivity contribution is 1.37. The molecular formula is C16H11ClN2. The molecule has 0 aromatic heterocycles. The first-order valence-corrected chi connectivity index (χ1v) is 6.15. The predicted molar refractivity (Wildman–Crippen MR) is 78.0 cm³/mol. The maximum Gasteiger partial charge on any atom is 0.0992 e. The molecule has 3 heteroatoms. The largest absolute Gasteiger partial charge is 0.373 e. The Morgan fingerprint density at radius 2 is 1.84 bits per heavy atom. The van der Waals surface area contributed by atoms with Gasteiger partial charge in [-0.15, -0.1) is 0 Å². The molecule has 2 aromatic rings. The van der Waals surface area contributed by atoms with Crippen LogP contribution in [0.4, 0.5) is 5.69 Å². The summed E-state index contributed by atoms with van der Waals surface area (Å²) in [5.41, 5.74) is 2.27. The van der Waals surface area contributed by atoms with Gasteiger partial charge in [-0.1, -0.05) is 41.6 Å².